The fourth-order valence-corrected chi connectivity index (χ4v) is 3.16. The highest BCUT2D eigenvalue weighted by molar-refractivity contribution is 9.10. The minimum Gasteiger partial charge on any atom is -0.388 e. The number of hydrogen-bond acceptors (Lipinski definition) is 3. The van der Waals surface area contributed by atoms with Crippen molar-refractivity contribution < 1.29 is 5.11 Å². The van der Waals surface area contributed by atoms with Crippen molar-refractivity contribution in [3.05, 3.63) is 33.6 Å². The van der Waals surface area contributed by atoms with Crippen LogP contribution >= 0.6 is 27.3 Å². The first kappa shape index (κ1) is 13.0. The van der Waals surface area contributed by atoms with Crippen molar-refractivity contribution >= 4 is 37.4 Å². The number of hydrogen-bond donors (Lipinski definition) is 1. The molecule has 2 aromatic rings. The van der Waals surface area contributed by atoms with Crippen LogP contribution in [0.5, 0.6) is 0 Å². The Kier molecular flexibility index (Phi) is 4.20. The smallest absolute Gasteiger partial charge is 0.0816 e. The maximum Gasteiger partial charge on any atom is 0.0816 e. The maximum absolute atomic E-state index is 10.2. The Morgan fingerprint density at radius 3 is 2.88 bits per heavy atom. The lowest BCUT2D eigenvalue weighted by Gasteiger charge is -2.14. The van der Waals surface area contributed by atoms with Crippen LogP contribution in [0.15, 0.2) is 28.1 Å². The Morgan fingerprint density at radius 2 is 2.18 bits per heavy atom. The Hall–Kier alpha value is -0.420. The highest BCUT2D eigenvalue weighted by Crippen LogP contribution is 2.33. The van der Waals surface area contributed by atoms with Gasteiger partial charge < -0.3 is 10.0 Å². The normalized spacial score (nSPS) is 13.5. The van der Waals surface area contributed by atoms with Crippen LogP contribution in [0.3, 0.4) is 0 Å². The molecule has 17 heavy (non-hydrogen) atoms. The van der Waals surface area contributed by atoms with Crippen LogP contribution in [0.4, 0.5) is 0 Å². The third-order valence-corrected chi connectivity index (χ3v) is 4.25. The van der Waals surface area contributed by atoms with Crippen molar-refractivity contribution in [3.8, 4) is 0 Å². The predicted molar refractivity (Wildman–Crippen MR) is 77.7 cm³/mol. The van der Waals surface area contributed by atoms with Crippen LogP contribution < -0.4 is 0 Å². The summed E-state index contributed by atoms with van der Waals surface area (Å²) >= 11 is 5.17. The van der Waals surface area contributed by atoms with Crippen LogP contribution in [0.2, 0.25) is 0 Å². The highest BCUT2D eigenvalue weighted by atomic mass is 79.9. The summed E-state index contributed by atoms with van der Waals surface area (Å²) in [7, 11) is 4.05. The van der Waals surface area contributed by atoms with Gasteiger partial charge in [0.25, 0.3) is 0 Å². The quantitative estimate of drug-likeness (QED) is 0.931. The first-order valence-electron chi connectivity index (χ1n) is 5.57. The molecule has 92 valence electrons. The lowest BCUT2D eigenvalue weighted by atomic mass is 10.1. The Bertz CT molecular complexity index is 509. The fraction of sp³-hybridized carbons (Fsp3) is 0.385. The van der Waals surface area contributed by atoms with E-state index in [4.69, 9.17) is 0 Å². The zero-order valence-electron chi connectivity index (χ0n) is 9.98. The largest absolute Gasteiger partial charge is 0.388 e. The van der Waals surface area contributed by atoms with Crippen molar-refractivity contribution in [2.24, 2.45) is 0 Å². The summed E-state index contributed by atoms with van der Waals surface area (Å²) in [5, 5.41) is 13.4. The molecule has 0 bridgehead atoms. The number of aliphatic hydroxyl groups excluding tert-OH is 1. The van der Waals surface area contributed by atoms with Gasteiger partial charge in [-0.1, -0.05) is 15.9 Å². The molecule has 1 N–H and O–H groups in total. The number of halogens is 1. The van der Waals surface area contributed by atoms with E-state index in [2.05, 4.69) is 38.3 Å². The number of thiophene rings is 1. The Labute approximate surface area is 114 Å². The van der Waals surface area contributed by atoms with Crippen LogP contribution in [0.1, 0.15) is 18.1 Å². The van der Waals surface area contributed by atoms with Crippen LogP contribution in [0, 0.1) is 0 Å². The molecule has 0 aliphatic rings. The van der Waals surface area contributed by atoms with Crippen LogP contribution in [0.25, 0.3) is 10.1 Å². The zero-order valence-corrected chi connectivity index (χ0v) is 12.4. The molecule has 0 amide bonds. The number of aliphatic hydroxyl groups is 1. The second kappa shape index (κ2) is 5.48. The molecule has 1 atom stereocenters. The molecule has 1 aromatic carbocycles. The minimum absolute atomic E-state index is 0.375. The summed E-state index contributed by atoms with van der Waals surface area (Å²) in [5.74, 6) is 0. The summed E-state index contributed by atoms with van der Waals surface area (Å²) < 4.78 is 2.29. The van der Waals surface area contributed by atoms with Crippen molar-refractivity contribution in [3.63, 3.8) is 0 Å². The van der Waals surface area contributed by atoms with Crippen LogP contribution in [-0.2, 0) is 0 Å². The standard InChI is InChI=1S/C13H16BrNOS/c1-15(2)6-5-12(16)11-8-17-13-4-3-9(14)7-10(11)13/h3-4,7-8,12,16H,5-6H2,1-2H3. The summed E-state index contributed by atoms with van der Waals surface area (Å²) in [6.07, 6.45) is 0.395. The van der Waals surface area contributed by atoms with Gasteiger partial charge in [0, 0.05) is 15.7 Å². The minimum atomic E-state index is -0.375. The fourth-order valence-electron chi connectivity index (χ4n) is 1.82. The maximum atomic E-state index is 10.2. The molecule has 0 aliphatic carbocycles. The molecule has 2 nitrogen and oxygen atoms in total. The molecular formula is C13H16BrNOS. The zero-order chi connectivity index (χ0) is 12.4. The van der Waals surface area contributed by atoms with Gasteiger partial charge in [-0.3, -0.25) is 0 Å². The molecule has 4 heteroatoms. The van der Waals surface area contributed by atoms with E-state index in [1.54, 1.807) is 11.3 Å². The van der Waals surface area contributed by atoms with Gasteiger partial charge in [0.2, 0.25) is 0 Å². The molecule has 0 saturated heterocycles. The SMILES string of the molecule is CN(C)CCC(O)c1csc2ccc(Br)cc12. The third-order valence-electron chi connectivity index (χ3n) is 2.77. The van der Waals surface area contributed by atoms with Crippen molar-refractivity contribution in [2.75, 3.05) is 20.6 Å². The molecule has 1 unspecified atom stereocenters. The monoisotopic (exact) mass is 313 g/mol. The van der Waals surface area contributed by atoms with E-state index in [9.17, 15) is 5.11 Å². The lowest BCUT2D eigenvalue weighted by Crippen LogP contribution is -2.15. The number of nitrogens with zero attached hydrogens (tertiary/aromatic N) is 1. The topological polar surface area (TPSA) is 23.5 Å². The molecule has 0 spiro atoms. The molecule has 0 fully saturated rings. The van der Waals surface area contributed by atoms with Gasteiger partial charge in [0.15, 0.2) is 0 Å². The first-order chi connectivity index (χ1) is 8.08. The molecule has 0 saturated carbocycles. The Morgan fingerprint density at radius 1 is 1.41 bits per heavy atom. The summed E-state index contributed by atoms with van der Waals surface area (Å²) in [6.45, 7) is 0.895. The van der Waals surface area contributed by atoms with E-state index in [1.807, 2.05) is 20.2 Å². The molecule has 0 aliphatic heterocycles. The van der Waals surface area contributed by atoms with Gasteiger partial charge in [-0.25, -0.2) is 0 Å². The van der Waals surface area contributed by atoms with Gasteiger partial charge in [-0.15, -0.1) is 11.3 Å². The van der Waals surface area contributed by atoms with Gasteiger partial charge in [-0.2, -0.15) is 0 Å². The first-order valence-corrected chi connectivity index (χ1v) is 7.24. The number of rotatable bonds is 4. The number of fused-ring (bicyclic) bond motifs is 1. The lowest BCUT2D eigenvalue weighted by molar-refractivity contribution is 0.156. The van der Waals surface area contributed by atoms with Gasteiger partial charge in [0.1, 0.15) is 0 Å². The molecular weight excluding hydrogens is 298 g/mol. The van der Waals surface area contributed by atoms with Gasteiger partial charge in [0.05, 0.1) is 6.10 Å². The van der Waals surface area contributed by atoms with E-state index in [1.165, 1.54) is 4.70 Å². The average Bonchev–Trinajstić information content (AvgIpc) is 2.68. The summed E-state index contributed by atoms with van der Waals surface area (Å²) in [5.41, 5.74) is 1.05. The second-order valence-electron chi connectivity index (χ2n) is 4.44. The summed E-state index contributed by atoms with van der Waals surface area (Å²) in [6, 6.07) is 6.21. The van der Waals surface area contributed by atoms with Gasteiger partial charge in [-0.05, 0) is 55.0 Å². The highest BCUT2D eigenvalue weighted by Gasteiger charge is 2.13. The predicted octanol–water partition coefficient (Wildman–Crippen LogP) is 3.65. The molecule has 1 aromatic heterocycles. The molecule has 1 heterocycles. The van der Waals surface area contributed by atoms with Crippen LogP contribution in [-0.4, -0.2) is 30.6 Å². The Balaban J connectivity index is 2.25. The number of benzene rings is 1. The van der Waals surface area contributed by atoms with E-state index in [0.717, 1.165) is 28.4 Å². The van der Waals surface area contributed by atoms with E-state index >= 15 is 0 Å². The van der Waals surface area contributed by atoms with E-state index < -0.39 is 0 Å². The van der Waals surface area contributed by atoms with E-state index in [-0.39, 0.29) is 6.10 Å². The molecule has 2 rings (SSSR count). The van der Waals surface area contributed by atoms with E-state index in [0.29, 0.717) is 0 Å². The van der Waals surface area contributed by atoms with Gasteiger partial charge >= 0.3 is 0 Å². The van der Waals surface area contributed by atoms with Crippen molar-refractivity contribution in [1.82, 2.24) is 4.90 Å². The molecule has 0 radical (unpaired) electrons. The summed E-state index contributed by atoms with van der Waals surface area (Å²) in [4.78, 5) is 2.09. The average molecular weight is 314 g/mol. The third kappa shape index (κ3) is 3.07. The van der Waals surface area contributed by atoms with Crippen molar-refractivity contribution in [2.45, 2.75) is 12.5 Å². The van der Waals surface area contributed by atoms with Crippen molar-refractivity contribution in [1.29, 1.82) is 0 Å². The second-order valence-corrected chi connectivity index (χ2v) is 6.27.